The van der Waals surface area contributed by atoms with Gasteiger partial charge in [-0.3, -0.25) is 4.79 Å². The Hall–Kier alpha value is -0.510. The third-order valence-corrected chi connectivity index (χ3v) is 3.71. The van der Waals surface area contributed by atoms with Gasteiger partial charge in [0.2, 0.25) is 0 Å². The van der Waals surface area contributed by atoms with E-state index in [0.717, 1.165) is 37.4 Å². The van der Waals surface area contributed by atoms with Gasteiger partial charge in [0.05, 0.1) is 11.4 Å². The fourth-order valence-electron chi connectivity index (χ4n) is 1.13. The van der Waals surface area contributed by atoms with Crippen LogP contribution in [0.25, 0.3) is 0 Å². The van der Waals surface area contributed by atoms with Gasteiger partial charge in [-0.2, -0.15) is 0 Å². The molecular formula is C10H16O3S. The predicted octanol–water partition coefficient (Wildman–Crippen LogP) is 2.78. The molecule has 0 aromatic heterocycles. The fourth-order valence-corrected chi connectivity index (χ4v) is 2.04. The Kier molecular flexibility index (Phi) is 3.98. The molecule has 0 aromatic rings. The first-order chi connectivity index (χ1) is 6.60. The van der Waals surface area contributed by atoms with E-state index in [1.807, 2.05) is 6.92 Å². The van der Waals surface area contributed by atoms with E-state index >= 15 is 0 Å². The maximum absolute atomic E-state index is 11.3. The number of ether oxygens (including phenoxy) is 1. The Balaban J connectivity index is 2.24. The van der Waals surface area contributed by atoms with Crippen LogP contribution < -0.4 is 0 Å². The summed E-state index contributed by atoms with van der Waals surface area (Å²) in [4.78, 5) is 22.4. The van der Waals surface area contributed by atoms with Crippen molar-refractivity contribution in [2.24, 2.45) is 0 Å². The van der Waals surface area contributed by atoms with E-state index in [1.54, 1.807) is 6.92 Å². The second kappa shape index (κ2) is 4.82. The lowest BCUT2D eigenvalue weighted by molar-refractivity contribution is -0.117. The van der Waals surface area contributed by atoms with E-state index in [4.69, 9.17) is 4.74 Å². The van der Waals surface area contributed by atoms with Crippen LogP contribution in [0.15, 0.2) is 0 Å². The molecule has 80 valence electrons. The van der Waals surface area contributed by atoms with Gasteiger partial charge in [-0.05, 0) is 37.9 Å². The molecule has 1 aliphatic rings. The molecule has 4 heteroatoms. The molecule has 1 saturated carbocycles. The first kappa shape index (κ1) is 11.6. The van der Waals surface area contributed by atoms with Crippen LogP contribution in [0.1, 0.15) is 39.5 Å². The molecule has 1 aliphatic carbocycles. The lowest BCUT2D eigenvalue weighted by Gasteiger charge is -2.09. The van der Waals surface area contributed by atoms with Gasteiger partial charge in [0, 0.05) is 0 Å². The average molecular weight is 216 g/mol. The topological polar surface area (TPSA) is 43.4 Å². The zero-order valence-corrected chi connectivity index (χ0v) is 9.49. The molecule has 0 bridgehead atoms. The zero-order valence-electron chi connectivity index (χ0n) is 8.67. The van der Waals surface area contributed by atoms with E-state index in [2.05, 4.69) is 0 Å². The van der Waals surface area contributed by atoms with E-state index in [0.29, 0.717) is 6.61 Å². The molecule has 1 rings (SSSR count). The van der Waals surface area contributed by atoms with Crippen LogP contribution in [-0.2, 0) is 9.53 Å². The first-order valence-corrected chi connectivity index (χ1v) is 5.79. The minimum atomic E-state index is -0.427. The highest BCUT2D eigenvalue weighted by Crippen LogP contribution is 2.49. The number of Topliss-reactive ketones (excluding diaryl/α,β-unsaturated/α-hetero) is 1. The lowest BCUT2D eigenvalue weighted by Crippen LogP contribution is -2.18. The van der Waals surface area contributed by atoms with Crippen molar-refractivity contribution in [2.45, 2.75) is 44.3 Å². The molecule has 0 aromatic carbocycles. The number of rotatable bonds is 5. The van der Waals surface area contributed by atoms with Gasteiger partial charge < -0.3 is 4.74 Å². The summed E-state index contributed by atoms with van der Waals surface area (Å²) in [5.74, 6) is 0.0925. The quantitative estimate of drug-likeness (QED) is 0.523. The molecular weight excluding hydrogens is 200 g/mol. The number of hydrogen-bond donors (Lipinski definition) is 0. The summed E-state index contributed by atoms with van der Waals surface area (Å²) in [6, 6.07) is 0. The molecule has 14 heavy (non-hydrogen) atoms. The fraction of sp³-hybridized carbons (Fsp3) is 0.800. The van der Waals surface area contributed by atoms with Crippen LogP contribution in [0.5, 0.6) is 0 Å². The van der Waals surface area contributed by atoms with E-state index in [9.17, 15) is 9.59 Å². The van der Waals surface area contributed by atoms with Crippen LogP contribution >= 0.6 is 11.8 Å². The Morgan fingerprint density at radius 2 is 2.07 bits per heavy atom. The predicted molar refractivity (Wildman–Crippen MR) is 56.5 cm³/mol. The second-order valence-electron chi connectivity index (χ2n) is 3.60. The molecule has 0 heterocycles. The van der Waals surface area contributed by atoms with Crippen molar-refractivity contribution in [3.8, 4) is 0 Å². The Labute approximate surface area is 88.6 Å². The number of unbranched alkanes of at least 4 members (excludes halogenated alkanes) is 1. The molecule has 0 aliphatic heterocycles. The maximum Gasteiger partial charge on any atom is 0.368 e. The number of carbonyl (C=O) groups is 2. The van der Waals surface area contributed by atoms with Crippen LogP contribution in [0.3, 0.4) is 0 Å². The largest absolute Gasteiger partial charge is 0.458 e. The number of thioether (sulfide) groups is 1. The molecule has 1 fully saturated rings. The van der Waals surface area contributed by atoms with Gasteiger partial charge in [-0.1, -0.05) is 13.3 Å². The van der Waals surface area contributed by atoms with Crippen LogP contribution in [0.4, 0.5) is 4.79 Å². The molecule has 0 N–H and O–H groups in total. The van der Waals surface area contributed by atoms with Crippen LogP contribution in [0.2, 0.25) is 0 Å². The van der Waals surface area contributed by atoms with Crippen molar-refractivity contribution in [1.82, 2.24) is 0 Å². The number of carbonyl (C=O) groups excluding carboxylic acids is 2. The summed E-state index contributed by atoms with van der Waals surface area (Å²) in [5.41, 5.74) is 0. The third kappa shape index (κ3) is 3.01. The Morgan fingerprint density at radius 3 is 2.50 bits per heavy atom. The van der Waals surface area contributed by atoms with Gasteiger partial charge in [0.15, 0.2) is 0 Å². The van der Waals surface area contributed by atoms with Crippen molar-refractivity contribution in [1.29, 1.82) is 0 Å². The van der Waals surface area contributed by atoms with Crippen molar-refractivity contribution >= 4 is 22.8 Å². The molecule has 0 unspecified atom stereocenters. The smallest absolute Gasteiger partial charge is 0.368 e. The van der Waals surface area contributed by atoms with Crippen LogP contribution in [-0.4, -0.2) is 22.4 Å². The minimum Gasteiger partial charge on any atom is -0.458 e. The highest BCUT2D eigenvalue weighted by Gasteiger charge is 2.50. The Bertz CT molecular complexity index is 234. The summed E-state index contributed by atoms with van der Waals surface area (Å²) in [7, 11) is 0. The average Bonchev–Trinajstić information content (AvgIpc) is 2.86. The Morgan fingerprint density at radius 1 is 1.43 bits per heavy atom. The van der Waals surface area contributed by atoms with Crippen molar-refractivity contribution in [3.63, 3.8) is 0 Å². The zero-order chi connectivity index (χ0) is 10.6. The third-order valence-electron chi connectivity index (χ3n) is 2.34. The highest BCUT2D eigenvalue weighted by molar-refractivity contribution is 8.15. The summed E-state index contributed by atoms with van der Waals surface area (Å²) < 4.78 is 4.55. The monoisotopic (exact) mass is 216 g/mol. The summed E-state index contributed by atoms with van der Waals surface area (Å²) in [6.45, 7) is 4.05. The maximum atomic E-state index is 11.3. The molecule has 0 radical (unpaired) electrons. The summed E-state index contributed by atoms with van der Waals surface area (Å²) in [6.07, 6.45) is 3.53. The van der Waals surface area contributed by atoms with Crippen molar-refractivity contribution in [3.05, 3.63) is 0 Å². The van der Waals surface area contributed by atoms with Crippen molar-refractivity contribution < 1.29 is 14.3 Å². The molecule has 0 saturated heterocycles. The van der Waals surface area contributed by atoms with Crippen LogP contribution in [0, 0.1) is 0 Å². The van der Waals surface area contributed by atoms with Gasteiger partial charge in [-0.15, -0.1) is 0 Å². The van der Waals surface area contributed by atoms with E-state index in [-0.39, 0.29) is 11.1 Å². The highest BCUT2D eigenvalue weighted by atomic mass is 32.2. The minimum absolute atomic E-state index is 0.0925. The van der Waals surface area contributed by atoms with Gasteiger partial charge in [0.25, 0.3) is 0 Å². The second-order valence-corrected chi connectivity index (χ2v) is 4.92. The summed E-state index contributed by atoms with van der Waals surface area (Å²) in [5, 5.41) is -0.300. The van der Waals surface area contributed by atoms with Crippen molar-refractivity contribution in [2.75, 3.05) is 6.61 Å². The molecule has 0 amide bonds. The first-order valence-electron chi connectivity index (χ1n) is 4.97. The van der Waals surface area contributed by atoms with E-state index in [1.165, 1.54) is 0 Å². The number of hydrogen-bond acceptors (Lipinski definition) is 4. The standard InChI is InChI=1S/C10H16O3S/c1-3-4-7-13-9(12)14-10(5-6-10)8(2)11/h3-7H2,1-2H3. The van der Waals surface area contributed by atoms with E-state index < -0.39 is 4.75 Å². The normalized spacial score (nSPS) is 17.6. The molecule has 0 spiro atoms. The van der Waals surface area contributed by atoms with Gasteiger partial charge >= 0.3 is 5.30 Å². The van der Waals surface area contributed by atoms with Gasteiger partial charge in [0.1, 0.15) is 5.78 Å². The molecule has 3 nitrogen and oxygen atoms in total. The molecule has 0 atom stereocenters. The SMILES string of the molecule is CCCCOC(=O)SC1(C(C)=O)CC1. The number of ketones is 1. The van der Waals surface area contributed by atoms with Gasteiger partial charge in [-0.25, -0.2) is 4.79 Å². The summed E-state index contributed by atoms with van der Waals surface area (Å²) >= 11 is 1.06. The lowest BCUT2D eigenvalue weighted by atomic mass is 10.3.